The highest BCUT2D eigenvalue weighted by Gasteiger charge is 2.47. The molecular formula is C30H31N9O2. The van der Waals surface area contributed by atoms with Crippen LogP contribution in [-0.2, 0) is 4.79 Å². The normalized spacial score (nSPS) is 25.0. The highest BCUT2D eigenvalue weighted by Crippen LogP contribution is 2.45. The molecule has 3 aliphatic rings. The molecule has 0 spiro atoms. The Morgan fingerprint density at radius 1 is 1.00 bits per heavy atom. The molecule has 11 nitrogen and oxygen atoms in total. The minimum absolute atomic E-state index is 0.0106. The van der Waals surface area contributed by atoms with Crippen molar-refractivity contribution in [2.24, 2.45) is 16.8 Å². The molecule has 3 aliphatic heterocycles. The second-order valence-corrected chi connectivity index (χ2v) is 11.2. The van der Waals surface area contributed by atoms with Gasteiger partial charge in [0.1, 0.15) is 17.9 Å². The molecule has 6 heterocycles. The molecule has 3 aromatic heterocycles. The van der Waals surface area contributed by atoms with Gasteiger partial charge in [0.05, 0.1) is 23.1 Å². The van der Waals surface area contributed by atoms with Crippen LogP contribution in [0.3, 0.4) is 0 Å². The third-order valence-corrected chi connectivity index (χ3v) is 8.71. The molecule has 7 rings (SSSR count). The SMILES string of the molecule is CC(=O)c1c(C2CC3CCC(C2)N3C(=O)C2C=NNC2N)nc2c(-c3ccc(-c4ccccc4)nc3)cnn2c1N. The van der Waals surface area contributed by atoms with Crippen LogP contribution in [0.15, 0.2) is 60.0 Å². The van der Waals surface area contributed by atoms with Crippen LogP contribution in [0.4, 0.5) is 5.82 Å². The van der Waals surface area contributed by atoms with Crippen molar-refractivity contribution < 1.29 is 9.59 Å². The van der Waals surface area contributed by atoms with Crippen molar-refractivity contribution in [3.8, 4) is 22.4 Å². The summed E-state index contributed by atoms with van der Waals surface area (Å²) in [7, 11) is 0. The van der Waals surface area contributed by atoms with E-state index in [-0.39, 0.29) is 35.5 Å². The van der Waals surface area contributed by atoms with E-state index >= 15 is 0 Å². The van der Waals surface area contributed by atoms with Gasteiger partial charge in [0, 0.05) is 47.1 Å². The number of rotatable bonds is 5. The van der Waals surface area contributed by atoms with Crippen LogP contribution in [0.25, 0.3) is 28.0 Å². The Morgan fingerprint density at radius 3 is 2.39 bits per heavy atom. The number of benzene rings is 1. The minimum Gasteiger partial charge on any atom is -0.383 e. The first-order valence-electron chi connectivity index (χ1n) is 14.0. The lowest BCUT2D eigenvalue weighted by Crippen LogP contribution is -2.53. The number of ketones is 1. The molecule has 4 unspecified atom stereocenters. The lowest BCUT2D eigenvalue weighted by Gasteiger charge is -2.40. The number of hydrazone groups is 1. The maximum atomic E-state index is 13.4. The topological polar surface area (TPSA) is 157 Å². The van der Waals surface area contributed by atoms with Crippen LogP contribution < -0.4 is 16.9 Å². The molecule has 0 radical (unpaired) electrons. The van der Waals surface area contributed by atoms with E-state index in [0.717, 1.165) is 35.2 Å². The summed E-state index contributed by atoms with van der Waals surface area (Å²) in [4.78, 5) is 38.1. The number of carbonyl (C=O) groups is 2. The molecule has 41 heavy (non-hydrogen) atoms. The number of nitrogens with zero attached hydrogens (tertiary/aromatic N) is 6. The Morgan fingerprint density at radius 2 is 1.76 bits per heavy atom. The number of fused-ring (bicyclic) bond motifs is 3. The fourth-order valence-electron chi connectivity index (χ4n) is 6.76. The molecule has 0 saturated carbocycles. The quantitative estimate of drug-likeness (QED) is 0.321. The van der Waals surface area contributed by atoms with Gasteiger partial charge in [-0.05, 0) is 38.7 Å². The number of nitrogens with one attached hydrogen (secondary N) is 1. The molecule has 1 amide bonds. The number of pyridine rings is 1. The van der Waals surface area contributed by atoms with Gasteiger partial charge in [-0.25, -0.2) is 4.98 Å². The Kier molecular flexibility index (Phi) is 6.04. The van der Waals surface area contributed by atoms with Crippen molar-refractivity contribution in [3.63, 3.8) is 0 Å². The van der Waals surface area contributed by atoms with E-state index < -0.39 is 12.1 Å². The minimum atomic E-state index is -0.510. The summed E-state index contributed by atoms with van der Waals surface area (Å²) >= 11 is 0. The van der Waals surface area contributed by atoms with Gasteiger partial charge in [-0.3, -0.25) is 20.0 Å². The molecule has 2 saturated heterocycles. The number of piperidine rings is 1. The summed E-state index contributed by atoms with van der Waals surface area (Å²) in [5, 5.41) is 8.49. The van der Waals surface area contributed by atoms with Gasteiger partial charge in [0.2, 0.25) is 5.91 Å². The van der Waals surface area contributed by atoms with E-state index in [2.05, 4.69) is 20.6 Å². The molecular weight excluding hydrogens is 518 g/mol. The zero-order valence-corrected chi connectivity index (χ0v) is 22.6. The van der Waals surface area contributed by atoms with Crippen LogP contribution in [0.1, 0.15) is 54.6 Å². The summed E-state index contributed by atoms with van der Waals surface area (Å²) in [6.45, 7) is 1.51. The molecule has 2 fully saturated rings. The van der Waals surface area contributed by atoms with Gasteiger partial charge in [0.15, 0.2) is 11.4 Å². The van der Waals surface area contributed by atoms with Gasteiger partial charge in [-0.2, -0.15) is 14.7 Å². The molecule has 2 bridgehead atoms. The number of hydrogen-bond acceptors (Lipinski definition) is 9. The lowest BCUT2D eigenvalue weighted by molar-refractivity contribution is -0.138. The summed E-state index contributed by atoms with van der Waals surface area (Å²) in [6.07, 6.45) is 7.84. The van der Waals surface area contributed by atoms with Crippen LogP contribution in [0, 0.1) is 5.92 Å². The highest BCUT2D eigenvalue weighted by molar-refractivity contribution is 6.00. The Labute approximate surface area is 236 Å². The average molecular weight is 550 g/mol. The second-order valence-electron chi connectivity index (χ2n) is 11.2. The number of nitrogen functional groups attached to an aromatic ring is 1. The lowest BCUT2D eigenvalue weighted by atomic mass is 9.84. The molecule has 5 N–H and O–H groups in total. The number of hydrogen-bond donors (Lipinski definition) is 3. The first kappa shape index (κ1) is 25.3. The monoisotopic (exact) mass is 549 g/mol. The second kappa shape index (κ2) is 9.77. The summed E-state index contributed by atoms with van der Waals surface area (Å²) in [5.74, 6) is -0.348. The molecule has 4 aromatic rings. The summed E-state index contributed by atoms with van der Waals surface area (Å²) in [6, 6.07) is 14.1. The van der Waals surface area contributed by atoms with Crippen molar-refractivity contribution in [1.29, 1.82) is 0 Å². The zero-order valence-electron chi connectivity index (χ0n) is 22.6. The standard InChI is InChI=1S/C30H31N9O2/c1-16(40)25-26(19-11-20-8-9-21(12-19)38(20)30(41)23-14-34-37-27(23)31)36-29-22(15-35-39(29)28(25)32)18-7-10-24(33-13-18)17-5-3-2-4-6-17/h2-7,10,13-15,19-21,23,27,37H,8-9,11-12,31-32H2,1H3. The van der Waals surface area contributed by atoms with Crippen molar-refractivity contribution in [3.05, 3.63) is 66.1 Å². The molecule has 1 aromatic carbocycles. The van der Waals surface area contributed by atoms with Crippen molar-refractivity contribution in [2.45, 2.75) is 56.8 Å². The predicted octanol–water partition coefficient (Wildman–Crippen LogP) is 2.97. The smallest absolute Gasteiger partial charge is 0.235 e. The van der Waals surface area contributed by atoms with Gasteiger partial charge < -0.3 is 16.4 Å². The maximum Gasteiger partial charge on any atom is 0.235 e. The van der Waals surface area contributed by atoms with E-state index in [9.17, 15) is 9.59 Å². The largest absolute Gasteiger partial charge is 0.383 e. The summed E-state index contributed by atoms with van der Waals surface area (Å²) in [5.41, 5.74) is 20.7. The van der Waals surface area contributed by atoms with Gasteiger partial charge in [-0.15, -0.1) is 0 Å². The fourth-order valence-corrected chi connectivity index (χ4v) is 6.76. The number of amides is 1. The average Bonchev–Trinajstić information content (AvgIpc) is 3.68. The van der Waals surface area contributed by atoms with Crippen LogP contribution in [-0.4, -0.2) is 60.6 Å². The maximum absolute atomic E-state index is 13.4. The first-order chi connectivity index (χ1) is 19.9. The Hall–Kier alpha value is -4.64. The third kappa shape index (κ3) is 4.15. The molecule has 208 valence electrons. The molecule has 4 atom stereocenters. The number of carbonyl (C=O) groups excluding carboxylic acids is 2. The van der Waals surface area contributed by atoms with Gasteiger partial charge in [0.25, 0.3) is 0 Å². The Bertz CT molecular complexity index is 1670. The van der Waals surface area contributed by atoms with Crippen molar-refractivity contribution >= 4 is 29.4 Å². The predicted molar refractivity (Wildman–Crippen MR) is 155 cm³/mol. The van der Waals surface area contributed by atoms with Crippen LogP contribution in [0.2, 0.25) is 0 Å². The number of aromatic nitrogens is 4. The fraction of sp³-hybridized carbons (Fsp3) is 0.333. The zero-order chi connectivity index (χ0) is 28.2. The first-order valence-corrected chi connectivity index (χ1v) is 14.0. The third-order valence-electron chi connectivity index (χ3n) is 8.71. The number of Topliss-reactive ketones (excluding diaryl/α,β-unsaturated/α-hetero) is 1. The van der Waals surface area contributed by atoms with Gasteiger partial charge in [-0.1, -0.05) is 36.4 Å². The van der Waals surface area contributed by atoms with E-state index in [4.69, 9.17) is 16.5 Å². The van der Waals surface area contributed by atoms with E-state index in [0.29, 0.717) is 29.7 Å². The van der Waals surface area contributed by atoms with Gasteiger partial charge >= 0.3 is 0 Å². The highest BCUT2D eigenvalue weighted by atomic mass is 16.2. The van der Waals surface area contributed by atoms with Crippen molar-refractivity contribution in [2.75, 3.05) is 5.73 Å². The molecule has 11 heteroatoms. The summed E-state index contributed by atoms with van der Waals surface area (Å²) < 4.78 is 1.54. The van der Waals surface area contributed by atoms with E-state index in [1.165, 1.54) is 6.92 Å². The van der Waals surface area contributed by atoms with Crippen molar-refractivity contribution in [1.82, 2.24) is 29.9 Å². The van der Waals surface area contributed by atoms with Crippen LogP contribution >= 0.6 is 0 Å². The Balaban J connectivity index is 1.24. The van der Waals surface area contributed by atoms with Crippen LogP contribution in [0.5, 0.6) is 0 Å². The molecule has 0 aliphatic carbocycles. The number of nitrogens with two attached hydrogens (primary N) is 2. The van der Waals surface area contributed by atoms with E-state index in [1.54, 1.807) is 16.9 Å². The van der Waals surface area contributed by atoms with E-state index in [1.807, 2.05) is 53.6 Å². The number of anilines is 1.